The van der Waals surface area contributed by atoms with Crippen molar-refractivity contribution in [1.82, 2.24) is 0 Å². The van der Waals surface area contributed by atoms with Gasteiger partial charge in [-0.05, 0) is 67.1 Å². The topological polar surface area (TPSA) is 76.7 Å². The summed E-state index contributed by atoms with van der Waals surface area (Å²) in [5.74, 6) is 0.771. The fourth-order valence-corrected chi connectivity index (χ4v) is 3.47. The Morgan fingerprint density at radius 1 is 0.600 bits per heavy atom. The molecule has 35 heavy (non-hydrogen) atoms. The van der Waals surface area contributed by atoms with Crippen LogP contribution in [-0.2, 0) is 0 Å². The minimum absolute atomic E-state index is 0.179. The Balaban J connectivity index is 1.33. The van der Waals surface area contributed by atoms with Gasteiger partial charge in [0.2, 0.25) is 0 Å². The molecule has 0 aliphatic rings. The summed E-state index contributed by atoms with van der Waals surface area (Å²) >= 11 is 0. The van der Waals surface area contributed by atoms with Gasteiger partial charge in [-0.25, -0.2) is 0 Å². The second kappa shape index (κ2) is 11.5. The summed E-state index contributed by atoms with van der Waals surface area (Å²) in [6.07, 6.45) is 0. The maximum Gasteiger partial charge on any atom is 0.259 e. The molecule has 4 rings (SSSR count). The number of anilines is 2. The predicted molar refractivity (Wildman–Crippen MR) is 137 cm³/mol. The van der Waals surface area contributed by atoms with Crippen molar-refractivity contribution in [2.75, 3.05) is 23.8 Å². The van der Waals surface area contributed by atoms with Gasteiger partial charge < -0.3 is 20.1 Å². The van der Waals surface area contributed by atoms with Gasteiger partial charge in [0.05, 0.1) is 5.56 Å². The van der Waals surface area contributed by atoms with E-state index in [-0.39, 0.29) is 11.8 Å². The van der Waals surface area contributed by atoms with Crippen molar-refractivity contribution in [3.63, 3.8) is 0 Å². The number of rotatable bonds is 9. The number of para-hydroxylation sites is 2. The molecule has 0 fully saturated rings. The maximum absolute atomic E-state index is 12.9. The summed E-state index contributed by atoms with van der Waals surface area (Å²) in [5, 5.41) is 5.75. The van der Waals surface area contributed by atoms with Crippen molar-refractivity contribution >= 4 is 23.2 Å². The quantitative estimate of drug-likeness (QED) is 0.299. The number of carbonyl (C=O) groups is 2. The second-order valence-corrected chi connectivity index (χ2v) is 7.81. The van der Waals surface area contributed by atoms with E-state index in [1.54, 1.807) is 48.5 Å². The number of hydrogen-bond acceptors (Lipinski definition) is 4. The van der Waals surface area contributed by atoms with E-state index in [0.717, 1.165) is 11.3 Å². The van der Waals surface area contributed by atoms with Crippen LogP contribution in [0.15, 0.2) is 103 Å². The number of hydrogen-bond donors (Lipinski definition) is 2. The third kappa shape index (κ3) is 6.48. The largest absolute Gasteiger partial charge is 0.490 e. The summed E-state index contributed by atoms with van der Waals surface area (Å²) in [5.41, 5.74) is 3.19. The third-order valence-electron chi connectivity index (χ3n) is 5.27. The van der Waals surface area contributed by atoms with Crippen LogP contribution in [0.25, 0.3) is 0 Å². The van der Waals surface area contributed by atoms with E-state index in [9.17, 15) is 9.59 Å². The van der Waals surface area contributed by atoms with Crippen molar-refractivity contribution in [2.24, 2.45) is 0 Å². The fourth-order valence-electron chi connectivity index (χ4n) is 3.47. The Morgan fingerprint density at radius 2 is 1.11 bits per heavy atom. The molecule has 0 atom stereocenters. The van der Waals surface area contributed by atoms with Gasteiger partial charge in [0.15, 0.2) is 0 Å². The molecule has 0 bridgehead atoms. The standard InChI is InChI=1S/C29H26N2O4/c1-21-9-5-6-12-25(21)28(32)30-22-15-17-23(18-16-22)31-29(33)26-13-7-8-14-27(26)35-20-19-34-24-10-3-2-4-11-24/h2-18H,19-20H2,1H3,(H,30,32)(H,31,33). The van der Waals surface area contributed by atoms with Crippen molar-refractivity contribution in [3.05, 3.63) is 120 Å². The van der Waals surface area contributed by atoms with Crippen LogP contribution in [0.4, 0.5) is 11.4 Å². The normalized spacial score (nSPS) is 10.3. The Hall–Kier alpha value is -4.58. The van der Waals surface area contributed by atoms with Gasteiger partial charge in [-0.15, -0.1) is 0 Å². The highest BCUT2D eigenvalue weighted by atomic mass is 16.5. The average Bonchev–Trinajstić information content (AvgIpc) is 2.89. The van der Waals surface area contributed by atoms with Gasteiger partial charge in [-0.3, -0.25) is 9.59 Å². The molecule has 0 radical (unpaired) electrons. The van der Waals surface area contributed by atoms with Gasteiger partial charge in [0.1, 0.15) is 24.7 Å². The van der Waals surface area contributed by atoms with Crippen molar-refractivity contribution < 1.29 is 19.1 Å². The number of aryl methyl sites for hydroxylation is 1. The molecule has 0 saturated heterocycles. The highest BCUT2D eigenvalue weighted by molar-refractivity contribution is 6.07. The van der Waals surface area contributed by atoms with Gasteiger partial charge >= 0.3 is 0 Å². The number of nitrogens with one attached hydrogen (secondary N) is 2. The number of amides is 2. The molecule has 0 unspecified atom stereocenters. The first-order chi connectivity index (χ1) is 17.1. The van der Waals surface area contributed by atoms with Gasteiger partial charge in [-0.1, -0.05) is 48.5 Å². The third-order valence-corrected chi connectivity index (χ3v) is 5.27. The zero-order valence-corrected chi connectivity index (χ0v) is 19.4. The van der Waals surface area contributed by atoms with Gasteiger partial charge in [-0.2, -0.15) is 0 Å². The van der Waals surface area contributed by atoms with E-state index >= 15 is 0 Å². The van der Waals surface area contributed by atoms with E-state index in [1.807, 2.05) is 61.5 Å². The summed E-state index contributed by atoms with van der Waals surface area (Å²) in [4.78, 5) is 25.4. The summed E-state index contributed by atoms with van der Waals surface area (Å²) in [6, 6.07) is 30.9. The number of benzene rings is 4. The van der Waals surface area contributed by atoms with Gasteiger partial charge in [0.25, 0.3) is 11.8 Å². The van der Waals surface area contributed by atoms with Crippen LogP contribution in [0.3, 0.4) is 0 Å². The summed E-state index contributed by atoms with van der Waals surface area (Å²) in [7, 11) is 0. The van der Waals surface area contributed by atoms with Crippen LogP contribution >= 0.6 is 0 Å². The summed E-state index contributed by atoms with van der Waals surface area (Å²) in [6.45, 7) is 2.55. The molecule has 0 spiro atoms. The SMILES string of the molecule is Cc1ccccc1C(=O)Nc1ccc(NC(=O)c2ccccc2OCCOc2ccccc2)cc1. The average molecular weight is 467 g/mol. The first-order valence-corrected chi connectivity index (χ1v) is 11.3. The van der Waals surface area contributed by atoms with Crippen LogP contribution in [-0.4, -0.2) is 25.0 Å². The van der Waals surface area contributed by atoms with E-state index in [2.05, 4.69) is 10.6 Å². The molecule has 6 heteroatoms. The summed E-state index contributed by atoms with van der Waals surface area (Å²) < 4.78 is 11.4. The molecule has 2 amide bonds. The number of carbonyl (C=O) groups excluding carboxylic acids is 2. The Bertz CT molecular complexity index is 1290. The van der Waals surface area contributed by atoms with E-state index < -0.39 is 0 Å². The first kappa shape index (κ1) is 23.6. The lowest BCUT2D eigenvalue weighted by Gasteiger charge is -2.13. The van der Waals surface area contributed by atoms with Crippen molar-refractivity contribution in [3.8, 4) is 11.5 Å². The lowest BCUT2D eigenvalue weighted by molar-refractivity contribution is 0.101. The smallest absolute Gasteiger partial charge is 0.259 e. The predicted octanol–water partition coefficient (Wildman–Crippen LogP) is 5.96. The second-order valence-electron chi connectivity index (χ2n) is 7.81. The van der Waals surface area contributed by atoms with Gasteiger partial charge in [0, 0.05) is 16.9 Å². The zero-order valence-electron chi connectivity index (χ0n) is 19.4. The number of ether oxygens (including phenoxy) is 2. The Morgan fingerprint density at radius 3 is 1.77 bits per heavy atom. The molecule has 4 aromatic rings. The molecule has 2 N–H and O–H groups in total. The molecule has 176 valence electrons. The monoisotopic (exact) mass is 466 g/mol. The molecule has 0 aliphatic carbocycles. The highest BCUT2D eigenvalue weighted by Gasteiger charge is 2.13. The van der Waals surface area contributed by atoms with Crippen LogP contribution in [0.1, 0.15) is 26.3 Å². The van der Waals surface area contributed by atoms with Crippen LogP contribution in [0.5, 0.6) is 11.5 Å². The molecule has 0 aromatic heterocycles. The highest BCUT2D eigenvalue weighted by Crippen LogP contribution is 2.21. The molecule has 4 aromatic carbocycles. The van der Waals surface area contributed by atoms with E-state index in [1.165, 1.54) is 0 Å². The van der Waals surface area contributed by atoms with E-state index in [0.29, 0.717) is 41.5 Å². The minimum atomic E-state index is -0.290. The van der Waals surface area contributed by atoms with Crippen molar-refractivity contribution in [1.29, 1.82) is 0 Å². The van der Waals surface area contributed by atoms with E-state index in [4.69, 9.17) is 9.47 Å². The zero-order chi connectivity index (χ0) is 24.5. The molecule has 0 heterocycles. The Labute approximate surface area is 204 Å². The molecule has 0 saturated carbocycles. The lowest BCUT2D eigenvalue weighted by Crippen LogP contribution is -2.16. The lowest BCUT2D eigenvalue weighted by atomic mass is 10.1. The van der Waals surface area contributed by atoms with Crippen molar-refractivity contribution in [2.45, 2.75) is 6.92 Å². The van der Waals surface area contributed by atoms with Crippen LogP contribution < -0.4 is 20.1 Å². The fraction of sp³-hybridized carbons (Fsp3) is 0.103. The maximum atomic E-state index is 12.9. The molecular weight excluding hydrogens is 440 g/mol. The molecule has 0 aliphatic heterocycles. The first-order valence-electron chi connectivity index (χ1n) is 11.3. The Kier molecular flexibility index (Phi) is 7.76. The minimum Gasteiger partial charge on any atom is -0.490 e. The molecular formula is C29H26N2O4. The van der Waals surface area contributed by atoms with Crippen LogP contribution in [0, 0.1) is 6.92 Å². The molecule has 6 nitrogen and oxygen atoms in total. The van der Waals surface area contributed by atoms with Crippen LogP contribution in [0.2, 0.25) is 0 Å².